The lowest BCUT2D eigenvalue weighted by atomic mass is 10.2. The van der Waals surface area contributed by atoms with Crippen LogP contribution in [0.3, 0.4) is 0 Å². The van der Waals surface area contributed by atoms with E-state index in [0.717, 1.165) is 35.3 Å². The van der Waals surface area contributed by atoms with E-state index in [2.05, 4.69) is 17.2 Å². The molecule has 0 aliphatic carbocycles. The van der Waals surface area contributed by atoms with Crippen molar-refractivity contribution in [2.24, 2.45) is 0 Å². The third-order valence-electron chi connectivity index (χ3n) is 2.82. The van der Waals surface area contributed by atoms with Gasteiger partial charge in [0.2, 0.25) is 5.89 Å². The highest BCUT2D eigenvalue weighted by atomic mass is 16.3. The number of para-hydroxylation sites is 1. The predicted octanol–water partition coefficient (Wildman–Crippen LogP) is 3.20. The summed E-state index contributed by atoms with van der Waals surface area (Å²) < 4.78 is 11.0. The van der Waals surface area contributed by atoms with Crippen LogP contribution in [0.15, 0.2) is 45.6 Å². The lowest BCUT2D eigenvalue weighted by molar-refractivity contribution is 0.566. The molecule has 3 rings (SSSR count). The number of oxazole rings is 1. The summed E-state index contributed by atoms with van der Waals surface area (Å²) in [5.41, 5.74) is 2.64. The van der Waals surface area contributed by atoms with Crippen molar-refractivity contribution >= 4 is 11.0 Å². The van der Waals surface area contributed by atoms with Crippen molar-refractivity contribution in [1.29, 1.82) is 0 Å². The van der Waals surface area contributed by atoms with E-state index in [0.29, 0.717) is 5.89 Å². The minimum Gasteiger partial charge on any atom is -0.463 e. The molecule has 0 spiro atoms. The Morgan fingerprint density at radius 2 is 2.06 bits per heavy atom. The Morgan fingerprint density at radius 1 is 1.17 bits per heavy atom. The number of benzene rings is 1. The van der Waals surface area contributed by atoms with Gasteiger partial charge in [0.15, 0.2) is 0 Å². The van der Waals surface area contributed by atoms with E-state index < -0.39 is 0 Å². The Balaban J connectivity index is 1.96. The molecule has 18 heavy (non-hydrogen) atoms. The molecule has 4 heteroatoms. The minimum absolute atomic E-state index is 0.604. The second-order valence-electron chi connectivity index (χ2n) is 4.07. The van der Waals surface area contributed by atoms with Gasteiger partial charge in [-0.3, -0.25) is 0 Å². The fourth-order valence-electron chi connectivity index (χ4n) is 1.91. The molecular weight excluding hydrogens is 228 g/mol. The summed E-state index contributed by atoms with van der Waals surface area (Å²) >= 11 is 0. The molecule has 0 saturated heterocycles. The van der Waals surface area contributed by atoms with E-state index in [1.807, 2.05) is 24.3 Å². The van der Waals surface area contributed by atoms with Crippen LogP contribution in [0.4, 0.5) is 0 Å². The van der Waals surface area contributed by atoms with Gasteiger partial charge >= 0.3 is 0 Å². The van der Waals surface area contributed by atoms with E-state index in [-0.39, 0.29) is 0 Å². The Morgan fingerprint density at radius 3 is 2.94 bits per heavy atom. The van der Waals surface area contributed by atoms with Crippen LogP contribution in [0.5, 0.6) is 0 Å². The third kappa shape index (κ3) is 1.91. The van der Waals surface area contributed by atoms with Crippen molar-refractivity contribution in [2.75, 3.05) is 6.54 Å². The van der Waals surface area contributed by atoms with Crippen molar-refractivity contribution in [3.05, 3.63) is 42.5 Å². The van der Waals surface area contributed by atoms with E-state index in [1.165, 1.54) is 0 Å². The molecule has 3 aromatic rings. The summed E-state index contributed by atoms with van der Waals surface area (Å²) in [4.78, 5) is 4.45. The molecule has 0 saturated carbocycles. The molecule has 2 heterocycles. The maximum Gasteiger partial charge on any atom is 0.230 e. The minimum atomic E-state index is 0.604. The standard InChI is InChI=1S/C14H14N2O2/c1-2-15-7-10-8-18-14(16-10)12-9-17-13-6-4-3-5-11(12)13/h3-6,8-9,15H,2,7H2,1H3. The maximum atomic E-state index is 5.50. The molecule has 92 valence electrons. The van der Waals surface area contributed by atoms with Gasteiger partial charge in [-0.05, 0) is 12.6 Å². The zero-order chi connectivity index (χ0) is 12.4. The largest absolute Gasteiger partial charge is 0.463 e. The van der Waals surface area contributed by atoms with Crippen LogP contribution >= 0.6 is 0 Å². The Hall–Kier alpha value is -2.07. The van der Waals surface area contributed by atoms with Crippen LogP contribution in [0.1, 0.15) is 12.6 Å². The van der Waals surface area contributed by atoms with Gasteiger partial charge in [-0.15, -0.1) is 0 Å². The van der Waals surface area contributed by atoms with E-state index >= 15 is 0 Å². The Bertz CT molecular complexity index is 654. The molecule has 0 atom stereocenters. The van der Waals surface area contributed by atoms with Gasteiger partial charge < -0.3 is 14.2 Å². The van der Waals surface area contributed by atoms with Gasteiger partial charge in [-0.1, -0.05) is 25.1 Å². The summed E-state index contributed by atoms with van der Waals surface area (Å²) in [5, 5.41) is 4.24. The van der Waals surface area contributed by atoms with Gasteiger partial charge in [-0.25, -0.2) is 4.98 Å². The monoisotopic (exact) mass is 242 g/mol. The third-order valence-corrected chi connectivity index (χ3v) is 2.82. The van der Waals surface area contributed by atoms with E-state index in [9.17, 15) is 0 Å². The lowest BCUT2D eigenvalue weighted by Gasteiger charge is -1.94. The molecule has 4 nitrogen and oxygen atoms in total. The van der Waals surface area contributed by atoms with Crippen molar-refractivity contribution in [3.8, 4) is 11.5 Å². The molecule has 0 unspecified atom stereocenters. The summed E-state index contributed by atoms with van der Waals surface area (Å²) in [6.45, 7) is 3.69. The smallest absolute Gasteiger partial charge is 0.230 e. The van der Waals surface area contributed by atoms with Crippen molar-refractivity contribution < 1.29 is 8.83 Å². The number of hydrogen-bond donors (Lipinski definition) is 1. The number of nitrogens with one attached hydrogen (secondary N) is 1. The molecule has 0 amide bonds. The predicted molar refractivity (Wildman–Crippen MR) is 69.1 cm³/mol. The zero-order valence-electron chi connectivity index (χ0n) is 10.1. The SMILES string of the molecule is CCNCc1coc(-c2coc3ccccc23)n1. The van der Waals surface area contributed by atoms with E-state index in [1.54, 1.807) is 12.5 Å². The van der Waals surface area contributed by atoms with Gasteiger partial charge in [0.25, 0.3) is 0 Å². The molecule has 0 aliphatic heterocycles. The van der Waals surface area contributed by atoms with Gasteiger partial charge in [0.05, 0.1) is 11.3 Å². The van der Waals surface area contributed by atoms with Gasteiger partial charge in [0.1, 0.15) is 18.1 Å². The van der Waals surface area contributed by atoms with Crippen LogP contribution < -0.4 is 5.32 Å². The Kier molecular flexibility index (Phi) is 2.86. The first-order valence-corrected chi connectivity index (χ1v) is 6.00. The van der Waals surface area contributed by atoms with Crippen LogP contribution in [0.25, 0.3) is 22.4 Å². The van der Waals surface area contributed by atoms with E-state index in [4.69, 9.17) is 8.83 Å². The highest BCUT2D eigenvalue weighted by Crippen LogP contribution is 2.29. The first-order chi connectivity index (χ1) is 8.88. The van der Waals surface area contributed by atoms with Crippen LogP contribution in [0.2, 0.25) is 0 Å². The highest BCUT2D eigenvalue weighted by Gasteiger charge is 2.12. The fraction of sp³-hybridized carbons (Fsp3) is 0.214. The van der Waals surface area contributed by atoms with Crippen LogP contribution in [-0.2, 0) is 6.54 Å². The number of aromatic nitrogens is 1. The number of nitrogens with zero attached hydrogens (tertiary/aromatic N) is 1. The zero-order valence-corrected chi connectivity index (χ0v) is 10.1. The first kappa shape index (κ1) is 11.0. The summed E-state index contributed by atoms with van der Waals surface area (Å²) in [6, 6.07) is 7.86. The highest BCUT2D eigenvalue weighted by molar-refractivity contribution is 5.91. The van der Waals surface area contributed by atoms with Crippen molar-refractivity contribution in [2.45, 2.75) is 13.5 Å². The average Bonchev–Trinajstić information content (AvgIpc) is 3.02. The molecule has 1 N–H and O–H groups in total. The Labute approximate surface area is 105 Å². The second kappa shape index (κ2) is 4.66. The van der Waals surface area contributed by atoms with Crippen molar-refractivity contribution in [1.82, 2.24) is 10.3 Å². The first-order valence-electron chi connectivity index (χ1n) is 6.00. The topological polar surface area (TPSA) is 51.2 Å². The van der Waals surface area contributed by atoms with Crippen molar-refractivity contribution in [3.63, 3.8) is 0 Å². The fourth-order valence-corrected chi connectivity index (χ4v) is 1.91. The van der Waals surface area contributed by atoms with Gasteiger partial charge in [0, 0.05) is 11.9 Å². The second-order valence-corrected chi connectivity index (χ2v) is 4.07. The molecule has 2 aromatic heterocycles. The van der Waals surface area contributed by atoms with Gasteiger partial charge in [-0.2, -0.15) is 0 Å². The molecular formula is C14H14N2O2. The number of fused-ring (bicyclic) bond motifs is 1. The van der Waals surface area contributed by atoms with Crippen LogP contribution in [0, 0.1) is 0 Å². The number of rotatable bonds is 4. The molecule has 0 fully saturated rings. The molecule has 0 radical (unpaired) electrons. The number of hydrogen-bond acceptors (Lipinski definition) is 4. The molecule has 1 aromatic carbocycles. The molecule has 0 bridgehead atoms. The average molecular weight is 242 g/mol. The summed E-state index contributed by atoms with van der Waals surface area (Å²) in [7, 11) is 0. The normalized spacial score (nSPS) is 11.2. The maximum absolute atomic E-state index is 5.50. The molecule has 0 aliphatic rings. The van der Waals surface area contributed by atoms with Crippen LogP contribution in [-0.4, -0.2) is 11.5 Å². The summed E-state index contributed by atoms with van der Waals surface area (Å²) in [5.74, 6) is 0.604. The lowest BCUT2D eigenvalue weighted by Crippen LogP contribution is -2.11. The summed E-state index contributed by atoms with van der Waals surface area (Å²) in [6.07, 6.45) is 3.37. The quantitative estimate of drug-likeness (QED) is 0.763. The number of furan rings is 1.